The highest BCUT2D eigenvalue weighted by atomic mass is 32.1. The van der Waals surface area contributed by atoms with E-state index in [9.17, 15) is 9.90 Å². The van der Waals surface area contributed by atoms with E-state index in [1.165, 1.54) is 11.3 Å². The number of aromatic nitrogens is 3. The molecule has 136 valence electrons. The standard InChI is InChI=1S/C15H22N6O3S/c1-15(2,3)24-14(23)20-4-5-21(9(6-20)7-22)11-10-12(25-8-17-10)19-13(16)18-11/h8-9,22H,4-7H2,1-3H3,(H2,16,18,19)/t9-/m1/s1. The van der Waals surface area contributed by atoms with Crippen molar-refractivity contribution in [2.45, 2.75) is 32.4 Å². The van der Waals surface area contributed by atoms with Gasteiger partial charge in [0.2, 0.25) is 5.95 Å². The van der Waals surface area contributed by atoms with Crippen LogP contribution in [0.15, 0.2) is 5.51 Å². The molecular weight excluding hydrogens is 344 g/mol. The number of hydrogen-bond donors (Lipinski definition) is 2. The molecule has 2 aromatic rings. The normalized spacial score (nSPS) is 18.6. The Hall–Kier alpha value is -2.20. The van der Waals surface area contributed by atoms with Gasteiger partial charge < -0.3 is 25.4 Å². The summed E-state index contributed by atoms with van der Waals surface area (Å²) >= 11 is 1.38. The molecule has 0 saturated carbocycles. The van der Waals surface area contributed by atoms with Crippen molar-refractivity contribution in [3.05, 3.63) is 5.51 Å². The maximum atomic E-state index is 12.3. The predicted molar refractivity (Wildman–Crippen MR) is 95.6 cm³/mol. The van der Waals surface area contributed by atoms with E-state index in [0.29, 0.717) is 35.8 Å². The largest absolute Gasteiger partial charge is 0.444 e. The Balaban J connectivity index is 1.83. The maximum absolute atomic E-state index is 12.3. The summed E-state index contributed by atoms with van der Waals surface area (Å²) in [6.45, 7) is 6.64. The molecule has 0 radical (unpaired) electrons. The number of carbonyl (C=O) groups is 1. The van der Waals surface area contributed by atoms with Gasteiger partial charge >= 0.3 is 6.09 Å². The monoisotopic (exact) mass is 366 g/mol. The number of amides is 1. The highest BCUT2D eigenvalue weighted by Crippen LogP contribution is 2.29. The third kappa shape index (κ3) is 3.74. The number of ether oxygens (including phenoxy) is 1. The number of thiazole rings is 1. The molecule has 0 spiro atoms. The van der Waals surface area contributed by atoms with Crippen molar-refractivity contribution >= 4 is 39.5 Å². The lowest BCUT2D eigenvalue weighted by atomic mass is 10.1. The number of rotatable bonds is 2. The first-order chi connectivity index (χ1) is 11.8. The van der Waals surface area contributed by atoms with Crippen LogP contribution in [0.1, 0.15) is 20.8 Å². The van der Waals surface area contributed by atoms with E-state index in [-0.39, 0.29) is 24.7 Å². The zero-order valence-electron chi connectivity index (χ0n) is 14.5. The Morgan fingerprint density at radius 2 is 2.20 bits per heavy atom. The summed E-state index contributed by atoms with van der Waals surface area (Å²) in [5, 5.41) is 9.83. The fraction of sp³-hybridized carbons (Fsp3) is 0.600. The number of aliphatic hydroxyl groups is 1. The number of nitrogens with zero attached hydrogens (tertiary/aromatic N) is 5. The zero-order chi connectivity index (χ0) is 18.2. The van der Waals surface area contributed by atoms with E-state index in [0.717, 1.165) is 0 Å². The lowest BCUT2D eigenvalue weighted by Gasteiger charge is -2.41. The Kier molecular flexibility index (Phi) is 4.65. The summed E-state index contributed by atoms with van der Waals surface area (Å²) in [4.78, 5) is 29.3. The van der Waals surface area contributed by atoms with Gasteiger partial charge in [-0.05, 0) is 20.8 Å². The highest BCUT2D eigenvalue weighted by molar-refractivity contribution is 7.16. The number of anilines is 2. The number of hydrogen-bond acceptors (Lipinski definition) is 9. The van der Waals surface area contributed by atoms with E-state index < -0.39 is 5.60 Å². The number of nitrogens with two attached hydrogens (primary N) is 1. The summed E-state index contributed by atoms with van der Waals surface area (Å²) in [5.74, 6) is 0.754. The van der Waals surface area contributed by atoms with Crippen LogP contribution in [0.3, 0.4) is 0 Å². The van der Waals surface area contributed by atoms with Crippen LogP contribution in [-0.4, -0.2) is 68.9 Å². The Labute approximate surface area is 149 Å². The second kappa shape index (κ2) is 6.60. The van der Waals surface area contributed by atoms with Crippen LogP contribution in [0.2, 0.25) is 0 Å². The van der Waals surface area contributed by atoms with E-state index in [4.69, 9.17) is 10.5 Å². The van der Waals surface area contributed by atoms with Crippen LogP contribution in [0.4, 0.5) is 16.6 Å². The molecule has 3 heterocycles. The number of carbonyl (C=O) groups excluding carboxylic acids is 1. The zero-order valence-corrected chi connectivity index (χ0v) is 15.3. The average Bonchev–Trinajstić information content (AvgIpc) is 3.00. The molecule has 1 aliphatic rings. The Bertz CT molecular complexity index is 774. The summed E-state index contributed by atoms with van der Waals surface area (Å²) in [6, 6.07) is -0.319. The second-order valence-electron chi connectivity index (χ2n) is 6.87. The van der Waals surface area contributed by atoms with Crippen molar-refractivity contribution in [2.75, 3.05) is 36.9 Å². The molecule has 0 unspecified atom stereocenters. The van der Waals surface area contributed by atoms with Crippen molar-refractivity contribution in [1.82, 2.24) is 19.9 Å². The minimum absolute atomic E-state index is 0.130. The van der Waals surface area contributed by atoms with Gasteiger partial charge in [0, 0.05) is 19.6 Å². The lowest BCUT2D eigenvalue weighted by molar-refractivity contribution is 0.0197. The van der Waals surface area contributed by atoms with E-state index in [1.54, 1.807) is 10.4 Å². The van der Waals surface area contributed by atoms with E-state index in [2.05, 4.69) is 15.0 Å². The van der Waals surface area contributed by atoms with Crippen LogP contribution in [0.25, 0.3) is 10.3 Å². The van der Waals surface area contributed by atoms with Gasteiger partial charge in [0.25, 0.3) is 0 Å². The molecule has 25 heavy (non-hydrogen) atoms. The van der Waals surface area contributed by atoms with Crippen molar-refractivity contribution in [3.8, 4) is 0 Å². The highest BCUT2D eigenvalue weighted by Gasteiger charge is 2.33. The second-order valence-corrected chi connectivity index (χ2v) is 7.70. The first-order valence-electron chi connectivity index (χ1n) is 8.00. The van der Waals surface area contributed by atoms with Crippen LogP contribution in [0, 0.1) is 0 Å². The molecule has 2 aromatic heterocycles. The van der Waals surface area contributed by atoms with Gasteiger partial charge in [-0.3, -0.25) is 0 Å². The molecule has 0 aromatic carbocycles. The molecule has 1 fully saturated rings. The predicted octanol–water partition coefficient (Wildman–Crippen LogP) is 1.09. The fourth-order valence-corrected chi connectivity index (χ4v) is 3.41. The molecule has 1 aliphatic heterocycles. The van der Waals surface area contributed by atoms with Gasteiger partial charge in [0.1, 0.15) is 11.1 Å². The number of piperazine rings is 1. The third-order valence-electron chi connectivity index (χ3n) is 3.81. The average molecular weight is 366 g/mol. The van der Waals surface area contributed by atoms with Gasteiger partial charge in [-0.15, -0.1) is 11.3 Å². The van der Waals surface area contributed by atoms with E-state index in [1.807, 2.05) is 25.7 Å². The molecule has 0 bridgehead atoms. The fourth-order valence-electron chi connectivity index (χ4n) is 2.75. The smallest absolute Gasteiger partial charge is 0.410 e. The SMILES string of the molecule is CC(C)(C)OC(=O)N1CCN(c2nc(N)nc3scnc23)[C@@H](CO)C1. The topological polar surface area (TPSA) is 118 Å². The minimum atomic E-state index is -0.559. The Morgan fingerprint density at radius 3 is 2.88 bits per heavy atom. The Morgan fingerprint density at radius 1 is 1.44 bits per heavy atom. The van der Waals surface area contributed by atoms with Crippen LogP contribution >= 0.6 is 11.3 Å². The number of aliphatic hydroxyl groups excluding tert-OH is 1. The van der Waals surface area contributed by atoms with Crippen LogP contribution in [0.5, 0.6) is 0 Å². The van der Waals surface area contributed by atoms with Gasteiger partial charge in [-0.25, -0.2) is 14.8 Å². The molecule has 1 amide bonds. The molecular formula is C15H22N6O3S. The van der Waals surface area contributed by atoms with Crippen LogP contribution < -0.4 is 10.6 Å². The minimum Gasteiger partial charge on any atom is -0.444 e. The molecule has 1 atom stereocenters. The van der Waals surface area contributed by atoms with Gasteiger partial charge in [0.05, 0.1) is 18.2 Å². The van der Waals surface area contributed by atoms with E-state index >= 15 is 0 Å². The molecule has 10 heteroatoms. The lowest BCUT2D eigenvalue weighted by Crippen LogP contribution is -2.57. The van der Waals surface area contributed by atoms with Crippen molar-refractivity contribution in [1.29, 1.82) is 0 Å². The van der Waals surface area contributed by atoms with Crippen molar-refractivity contribution < 1.29 is 14.6 Å². The molecule has 3 N–H and O–H groups in total. The first kappa shape index (κ1) is 17.6. The summed E-state index contributed by atoms with van der Waals surface area (Å²) in [5.41, 5.74) is 7.59. The molecule has 0 aliphatic carbocycles. The third-order valence-corrected chi connectivity index (χ3v) is 4.53. The van der Waals surface area contributed by atoms with Gasteiger partial charge in [-0.1, -0.05) is 0 Å². The summed E-state index contributed by atoms with van der Waals surface area (Å²) in [7, 11) is 0. The van der Waals surface area contributed by atoms with Gasteiger partial charge in [0.15, 0.2) is 10.6 Å². The van der Waals surface area contributed by atoms with Crippen LogP contribution in [-0.2, 0) is 4.74 Å². The summed E-state index contributed by atoms with van der Waals surface area (Å²) < 4.78 is 5.42. The molecule has 9 nitrogen and oxygen atoms in total. The van der Waals surface area contributed by atoms with Crippen molar-refractivity contribution in [3.63, 3.8) is 0 Å². The number of fused-ring (bicyclic) bond motifs is 1. The first-order valence-corrected chi connectivity index (χ1v) is 8.88. The van der Waals surface area contributed by atoms with Crippen molar-refractivity contribution in [2.24, 2.45) is 0 Å². The maximum Gasteiger partial charge on any atom is 0.410 e. The molecule has 3 rings (SSSR count). The quantitative estimate of drug-likeness (QED) is 0.811. The number of nitrogen functional groups attached to an aromatic ring is 1. The molecule has 1 saturated heterocycles. The summed E-state index contributed by atoms with van der Waals surface area (Å²) in [6.07, 6.45) is -0.383. The van der Waals surface area contributed by atoms with Gasteiger partial charge in [-0.2, -0.15) is 4.98 Å².